The summed E-state index contributed by atoms with van der Waals surface area (Å²) in [7, 11) is 3.18. The second-order valence-electron chi connectivity index (χ2n) is 4.87. The summed E-state index contributed by atoms with van der Waals surface area (Å²) in [5, 5.41) is 2.83. The minimum absolute atomic E-state index is 0.265. The molecule has 1 aromatic heterocycles. The van der Waals surface area contributed by atoms with Crippen LogP contribution in [0, 0.1) is 0 Å². The van der Waals surface area contributed by atoms with Crippen LogP contribution >= 0.6 is 0 Å². The van der Waals surface area contributed by atoms with Gasteiger partial charge in [0, 0.05) is 12.6 Å². The first-order valence-corrected chi connectivity index (χ1v) is 7.61. The number of nitrogens with zero attached hydrogens (tertiary/aromatic N) is 2. The number of benzene rings is 1. The number of hydrogen-bond acceptors (Lipinski definition) is 6. The molecule has 1 heterocycles. The first kappa shape index (κ1) is 17.5. The zero-order valence-corrected chi connectivity index (χ0v) is 14.0. The summed E-state index contributed by atoms with van der Waals surface area (Å²) in [5.41, 5.74) is 1.31. The number of methoxy groups -OCH3 is 2. The normalized spacial score (nSPS) is 10.1. The van der Waals surface area contributed by atoms with Crippen molar-refractivity contribution in [3.8, 4) is 17.4 Å². The lowest BCUT2D eigenvalue weighted by Gasteiger charge is -2.10. The summed E-state index contributed by atoms with van der Waals surface area (Å²) in [6, 6.07) is 7.19. The highest BCUT2D eigenvalue weighted by atomic mass is 16.5. The predicted octanol–water partition coefficient (Wildman–Crippen LogP) is 1.86. The molecule has 0 fully saturated rings. The van der Waals surface area contributed by atoms with Crippen LogP contribution in [0.5, 0.6) is 17.4 Å². The Kier molecular flexibility index (Phi) is 6.36. The number of carbonyl (C=O) groups excluding carboxylic acids is 1. The molecule has 2 rings (SSSR count). The van der Waals surface area contributed by atoms with Crippen molar-refractivity contribution < 1.29 is 19.0 Å². The topological polar surface area (TPSA) is 82.6 Å². The standard InChI is InChI=1S/C17H21N3O4/c1-4-24-16-10-13(19-11-20-16)17(21)18-8-7-12-5-6-14(22-2)15(9-12)23-3/h5-6,9-11H,4,7-8H2,1-3H3,(H,18,21). The van der Waals surface area contributed by atoms with Crippen molar-refractivity contribution in [2.24, 2.45) is 0 Å². The van der Waals surface area contributed by atoms with Gasteiger partial charge in [0.15, 0.2) is 11.5 Å². The lowest BCUT2D eigenvalue weighted by atomic mass is 10.1. The third-order valence-corrected chi connectivity index (χ3v) is 3.31. The Morgan fingerprint density at radius 3 is 2.62 bits per heavy atom. The molecule has 128 valence electrons. The Bertz CT molecular complexity index is 691. The molecular formula is C17H21N3O4. The van der Waals surface area contributed by atoms with E-state index in [1.54, 1.807) is 14.2 Å². The van der Waals surface area contributed by atoms with Crippen molar-refractivity contribution in [1.29, 1.82) is 0 Å². The Morgan fingerprint density at radius 2 is 1.92 bits per heavy atom. The molecule has 2 aromatic rings. The largest absolute Gasteiger partial charge is 0.493 e. The molecule has 1 N–H and O–H groups in total. The Labute approximate surface area is 141 Å². The fraction of sp³-hybridized carbons (Fsp3) is 0.353. The van der Waals surface area contributed by atoms with Gasteiger partial charge >= 0.3 is 0 Å². The van der Waals surface area contributed by atoms with Gasteiger partial charge in [-0.2, -0.15) is 0 Å². The van der Waals surface area contributed by atoms with Crippen LogP contribution in [0.4, 0.5) is 0 Å². The minimum Gasteiger partial charge on any atom is -0.493 e. The van der Waals surface area contributed by atoms with E-state index >= 15 is 0 Å². The van der Waals surface area contributed by atoms with Crippen LogP contribution in [0.3, 0.4) is 0 Å². The van der Waals surface area contributed by atoms with Crippen molar-refractivity contribution in [3.63, 3.8) is 0 Å². The maximum Gasteiger partial charge on any atom is 0.270 e. The summed E-state index contributed by atoms with van der Waals surface area (Å²) in [5.74, 6) is 1.46. The van der Waals surface area contributed by atoms with Gasteiger partial charge in [-0.1, -0.05) is 6.07 Å². The van der Waals surface area contributed by atoms with Gasteiger partial charge in [0.05, 0.1) is 20.8 Å². The summed E-state index contributed by atoms with van der Waals surface area (Å²) in [6.45, 7) is 2.81. The Morgan fingerprint density at radius 1 is 1.12 bits per heavy atom. The quantitative estimate of drug-likeness (QED) is 0.795. The maximum atomic E-state index is 12.1. The Balaban J connectivity index is 1.92. The van der Waals surface area contributed by atoms with E-state index in [1.165, 1.54) is 12.4 Å². The lowest BCUT2D eigenvalue weighted by molar-refractivity contribution is 0.0948. The van der Waals surface area contributed by atoms with Gasteiger partial charge in [0.1, 0.15) is 12.0 Å². The fourth-order valence-corrected chi connectivity index (χ4v) is 2.14. The highest BCUT2D eigenvalue weighted by Gasteiger charge is 2.09. The molecule has 0 aliphatic carbocycles. The lowest BCUT2D eigenvalue weighted by Crippen LogP contribution is -2.26. The van der Waals surface area contributed by atoms with Crippen molar-refractivity contribution in [1.82, 2.24) is 15.3 Å². The molecule has 0 unspecified atom stereocenters. The van der Waals surface area contributed by atoms with Gasteiger partial charge in [-0.05, 0) is 31.0 Å². The average Bonchev–Trinajstić information content (AvgIpc) is 2.62. The Hall–Kier alpha value is -2.83. The van der Waals surface area contributed by atoms with Crippen molar-refractivity contribution in [3.05, 3.63) is 41.9 Å². The van der Waals surface area contributed by atoms with Crippen LogP contribution in [0.2, 0.25) is 0 Å². The van der Waals surface area contributed by atoms with Crippen LogP contribution in [0.15, 0.2) is 30.6 Å². The van der Waals surface area contributed by atoms with Gasteiger partial charge in [-0.3, -0.25) is 4.79 Å². The number of amides is 1. The van der Waals surface area contributed by atoms with Crippen LogP contribution in [-0.2, 0) is 6.42 Å². The van der Waals surface area contributed by atoms with Crippen molar-refractivity contribution in [2.75, 3.05) is 27.4 Å². The highest BCUT2D eigenvalue weighted by Crippen LogP contribution is 2.27. The summed E-state index contributed by atoms with van der Waals surface area (Å²) >= 11 is 0. The second-order valence-corrected chi connectivity index (χ2v) is 4.87. The molecule has 0 saturated heterocycles. The fourth-order valence-electron chi connectivity index (χ4n) is 2.14. The second kappa shape index (κ2) is 8.71. The van der Waals surface area contributed by atoms with E-state index in [2.05, 4.69) is 15.3 Å². The number of carbonyl (C=O) groups is 1. The van der Waals surface area contributed by atoms with Gasteiger partial charge in [0.25, 0.3) is 5.91 Å². The molecule has 0 aliphatic heterocycles. The van der Waals surface area contributed by atoms with E-state index in [9.17, 15) is 4.79 Å². The van der Waals surface area contributed by atoms with Crippen LogP contribution in [0.25, 0.3) is 0 Å². The van der Waals surface area contributed by atoms with Crippen molar-refractivity contribution in [2.45, 2.75) is 13.3 Å². The predicted molar refractivity (Wildman–Crippen MR) is 88.8 cm³/mol. The molecule has 1 amide bonds. The molecule has 0 aliphatic rings. The number of nitrogens with one attached hydrogen (secondary N) is 1. The first-order chi connectivity index (χ1) is 11.7. The van der Waals surface area contributed by atoms with E-state index in [0.717, 1.165) is 5.56 Å². The van der Waals surface area contributed by atoms with Crippen LogP contribution in [0.1, 0.15) is 23.0 Å². The number of hydrogen-bond donors (Lipinski definition) is 1. The molecule has 0 radical (unpaired) electrons. The highest BCUT2D eigenvalue weighted by molar-refractivity contribution is 5.92. The molecule has 0 saturated carbocycles. The van der Waals surface area contributed by atoms with Gasteiger partial charge in [-0.15, -0.1) is 0 Å². The molecular weight excluding hydrogens is 310 g/mol. The zero-order chi connectivity index (χ0) is 17.4. The van der Waals surface area contributed by atoms with Gasteiger partial charge in [-0.25, -0.2) is 9.97 Å². The van der Waals surface area contributed by atoms with Gasteiger partial charge < -0.3 is 19.5 Å². The zero-order valence-electron chi connectivity index (χ0n) is 14.0. The van der Waals surface area contributed by atoms with E-state index in [4.69, 9.17) is 14.2 Å². The van der Waals surface area contributed by atoms with Crippen LogP contribution in [-0.4, -0.2) is 43.2 Å². The van der Waals surface area contributed by atoms with Gasteiger partial charge in [0.2, 0.25) is 5.88 Å². The monoisotopic (exact) mass is 331 g/mol. The third kappa shape index (κ3) is 4.58. The van der Waals surface area contributed by atoms with Crippen molar-refractivity contribution >= 4 is 5.91 Å². The average molecular weight is 331 g/mol. The van der Waals surface area contributed by atoms with E-state index in [-0.39, 0.29) is 11.6 Å². The SMILES string of the molecule is CCOc1cc(C(=O)NCCc2ccc(OC)c(OC)c2)ncn1. The maximum absolute atomic E-state index is 12.1. The summed E-state index contributed by atoms with van der Waals surface area (Å²) < 4.78 is 15.7. The molecule has 7 nitrogen and oxygen atoms in total. The molecule has 7 heteroatoms. The van der Waals surface area contributed by atoms with Crippen LogP contribution < -0.4 is 19.5 Å². The molecule has 0 atom stereocenters. The molecule has 0 bridgehead atoms. The van der Waals surface area contributed by atoms with E-state index in [1.807, 2.05) is 25.1 Å². The third-order valence-electron chi connectivity index (χ3n) is 3.31. The molecule has 0 spiro atoms. The minimum atomic E-state index is -0.265. The molecule has 1 aromatic carbocycles. The van der Waals surface area contributed by atoms with E-state index in [0.29, 0.717) is 37.0 Å². The summed E-state index contributed by atoms with van der Waals surface area (Å²) in [4.78, 5) is 20.0. The number of rotatable bonds is 8. The molecule has 24 heavy (non-hydrogen) atoms. The smallest absolute Gasteiger partial charge is 0.270 e. The number of aromatic nitrogens is 2. The van der Waals surface area contributed by atoms with E-state index < -0.39 is 0 Å². The first-order valence-electron chi connectivity index (χ1n) is 7.61. The number of ether oxygens (including phenoxy) is 3. The summed E-state index contributed by atoms with van der Waals surface area (Å²) in [6.07, 6.45) is 1.98.